The maximum atomic E-state index is 6.43. The molecule has 0 radical (unpaired) electrons. The number of hydrogen-bond acceptors (Lipinski definition) is 5. The SMILES string of the molecule is Clc1nc(N2CCCC2)sc1CN1CCCC(Cn2ccnc2)C1. The molecule has 4 heterocycles. The van der Waals surface area contributed by atoms with Crippen LogP contribution in [0.15, 0.2) is 18.7 Å². The van der Waals surface area contributed by atoms with Crippen LogP contribution in [-0.2, 0) is 13.1 Å². The Bertz CT molecular complexity index is 650. The average molecular weight is 366 g/mol. The van der Waals surface area contributed by atoms with Crippen molar-refractivity contribution in [2.24, 2.45) is 5.92 Å². The first-order valence-electron chi connectivity index (χ1n) is 8.86. The van der Waals surface area contributed by atoms with Crippen LogP contribution in [0.2, 0.25) is 5.15 Å². The number of anilines is 1. The summed E-state index contributed by atoms with van der Waals surface area (Å²) in [5.41, 5.74) is 0. The zero-order chi connectivity index (χ0) is 16.4. The van der Waals surface area contributed by atoms with E-state index >= 15 is 0 Å². The van der Waals surface area contributed by atoms with Crippen LogP contribution >= 0.6 is 22.9 Å². The minimum atomic E-state index is 0.692. The summed E-state index contributed by atoms with van der Waals surface area (Å²) >= 11 is 8.21. The molecule has 24 heavy (non-hydrogen) atoms. The van der Waals surface area contributed by atoms with Crippen molar-refractivity contribution < 1.29 is 0 Å². The molecule has 130 valence electrons. The van der Waals surface area contributed by atoms with Gasteiger partial charge in [-0.05, 0) is 38.1 Å². The Labute approximate surface area is 152 Å². The fourth-order valence-electron chi connectivity index (χ4n) is 3.80. The first-order valence-corrected chi connectivity index (χ1v) is 10.1. The molecule has 2 saturated heterocycles. The van der Waals surface area contributed by atoms with Gasteiger partial charge in [-0.2, -0.15) is 0 Å². The van der Waals surface area contributed by atoms with Crippen molar-refractivity contribution in [2.75, 3.05) is 31.1 Å². The van der Waals surface area contributed by atoms with Gasteiger partial charge in [-0.15, -0.1) is 0 Å². The van der Waals surface area contributed by atoms with Gasteiger partial charge in [0.1, 0.15) is 5.15 Å². The van der Waals surface area contributed by atoms with Gasteiger partial charge in [0.15, 0.2) is 5.13 Å². The summed E-state index contributed by atoms with van der Waals surface area (Å²) in [5, 5.41) is 1.82. The van der Waals surface area contributed by atoms with E-state index in [1.165, 1.54) is 30.6 Å². The number of nitrogens with zero attached hydrogens (tertiary/aromatic N) is 5. The highest BCUT2D eigenvalue weighted by molar-refractivity contribution is 7.16. The molecule has 1 atom stereocenters. The zero-order valence-corrected chi connectivity index (χ0v) is 15.5. The van der Waals surface area contributed by atoms with Crippen molar-refractivity contribution in [3.8, 4) is 0 Å². The lowest BCUT2D eigenvalue weighted by Crippen LogP contribution is -2.36. The van der Waals surface area contributed by atoms with Crippen LogP contribution in [0, 0.1) is 5.92 Å². The molecule has 0 bridgehead atoms. The Kier molecular flexibility index (Phi) is 5.06. The lowest BCUT2D eigenvalue weighted by Gasteiger charge is -2.32. The molecule has 1 unspecified atom stereocenters. The van der Waals surface area contributed by atoms with E-state index in [4.69, 9.17) is 11.6 Å². The molecule has 2 aromatic heterocycles. The summed E-state index contributed by atoms with van der Waals surface area (Å²) in [4.78, 5) is 14.9. The van der Waals surface area contributed by atoms with E-state index in [1.807, 2.05) is 12.5 Å². The van der Waals surface area contributed by atoms with Gasteiger partial charge in [0.05, 0.1) is 11.2 Å². The molecular formula is C17H24ClN5S. The molecule has 0 saturated carbocycles. The molecule has 0 amide bonds. The highest BCUT2D eigenvalue weighted by Gasteiger charge is 2.23. The van der Waals surface area contributed by atoms with Gasteiger partial charge in [-0.25, -0.2) is 9.97 Å². The predicted octanol–water partition coefficient (Wildman–Crippen LogP) is 3.51. The van der Waals surface area contributed by atoms with E-state index < -0.39 is 0 Å². The quantitative estimate of drug-likeness (QED) is 0.812. The van der Waals surface area contributed by atoms with Crippen LogP contribution in [-0.4, -0.2) is 45.6 Å². The van der Waals surface area contributed by atoms with Crippen LogP contribution in [0.25, 0.3) is 0 Å². The Morgan fingerprint density at radius 3 is 2.88 bits per heavy atom. The third kappa shape index (κ3) is 3.76. The molecule has 0 aromatic carbocycles. The summed E-state index contributed by atoms with van der Waals surface area (Å²) in [6.07, 6.45) is 10.9. The van der Waals surface area contributed by atoms with Crippen LogP contribution in [0.5, 0.6) is 0 Å². The second-order valence-corrected chi connectivity index (χ2v) is 8.33. The second kappa shape index (κ2) is 7.42. The summed E-state index contributed by atoms with van der Waals surface area (Å²) in [6.45, 7) is 6.54. The molecule has 5 nitrogen and oxygen atoms in total. The number of aromatic nitrogens is 3. The number of halogens is 1. The third-order valence-electron chi connectivity index (χ3n) is 5.01. The predicted molar refractivity (Wildman–Crippen MR) is 98.8 cm³/mol. The fourth-order valence-corrected chi connectivity index (χ4v) is 5.15. The largest absolute Gasteiger partial charge is 0.348 e. The Morgan fingerprint density at radius 2 is 2.08 bits per heavy atom. The number of hydrogen-bond donors (Lipinski definition) is 0. The minimum Gasteiger partial charge on any atom is -0.348 e. The fraction of sp³-hybridized carbons (Fsp3) is 0.647. The van der Waals surface area contributed by atoms with Crippen LogP contribution in [0.3, 0.4) is 0 Å². The van der Waals surface area contributed by atoms with Crippen molar-refractivity contribution in [1.29, 1.82) is 0 Å². The minimum absolute atomic E-state index is 0.692. The maximum absolute atomic E-state index is 6.43. The van der Waals surface area contributed by atoms with Crippen LogP contribution in [0.4, 0.5) is 5.13 Å². The van der Waals surface area contributed by atoms with Gasteiger partial charge in [0.2, 0.25) is 0 Å². The molecule has 2 aliphatic rings. The van der Waals surface area contributed by atoms with Gasteiger partial charge in [0, 0.05) is 45.1 Å². The van der Waals surface area contributed by atoms with E-state index in [0.29, 0.717) is 11.1 Å². The number of thiazole rings is 1. The first-order chi connectivity index (χ1) is 11.8. The smallest absolute Gasteiger partial charge is 0.187 e. The lowest BCUT2D eigenvalue weighted by molar-refractivity contribution is 0.157. The molecule has 0 N–H and O–H groups in total. The number of piperidine rings is 1. The van der Waals surface area contributed by atoms with E-state index in [2.05, 4.69) is 30.5 Å². The van der Waals surface area contributed by atoms with Crippen molar-refractivity contribution in [3.05, 3.63) is 28.8 Å². The van der Waals surface area contributed by atoms with Gasteiger partial charge in [0.25, 0.3) is 0 Å². The van der Waals surface area contributed by atoms with Crippen molar-refractivity contribution in [2.45, 2.75) is 38.8 Å². The standard InChI is InChI=1S/C17H24ClN5S/c18-16-15(24-17(20-16)23-7-1-2-8-23)12-21-6-3-4-14(10-21)11-22-9-5-19-13-22/h5,9,13-14H,1-4,6-8,10-12H2. The first kappa shape index (κ1) is 16.4. The zero-order valence-electron chi connectivity index (χ0n) is 13.9. The van der Waals surface area contributed by atoms with Gasteiger partial charge < -0.3 is 9.47 Å². The summed E-state index contributed by atoms with van der Waals surface area (Å²) in [6, 6.07) is 0. The Balaban J connectivity index is 1.37. The monoisotopic (exact) mass is 365 g/mol. The lowest BCUT2D eigenvalue weighted by atomic mass is 9.98. The van der Waals surface area contributed by atoms with Crippen LogP contribution in [0.1, 0.15) is 30.6 Å². The van der Waals surface area contributed by atoms with E-state index in [9.17, 15) is 0 Å². The molecule has 0 aliphatic carbocycles. The number of likely N-dealkylation sites (tertiary alicyclic amines) is 1. The van der Waals surface area contributed by atoms with Crippen molar-refractivity contribution >= 4 is 28.1 Å². The summed E-state index contributed by atoms with van der Waals surface area (Å²) < 4.78 is 2.19. The topological polar surface area (TPSA) is 37.2 Å². The molecule has 0 spiro atoms. The van der Waals surface area contributed by atoms with E-state index in [0.717, 1.165) is 44.4 Å². The molecule has 2 fully saturated rings. The number of rotatable bonds is 5. The molecular weight excluding hydrogens is 342 g/mol. The van der Waals surface area contributed by atoms with Crippen LogP contribution < -0.4 is 4.90 Å². The summed E-state index contributed by atoms with van der Waals surface area (Å²) in [5.74, 6) is 0.692. The molecule has 4 rings (SSSR count). The number of imidazole rings is 1. The normalized spacial score (nSPS) is 22.4. The molecule has 2 aliphatic heterocycles. The molecule has 7 heteroatoms. The van der Waals surface area contributed by atoms with Gasteiger partial charge in [-0.1, -0.05) is 22.9 Å². The average Bonchev–Trinajstić information content (AvgIpc) is 3.31. The molecule has 2 aromatic rings. The second-order valence-electron chi connectivity index (χ2n) is 6.91. The van der Waals surface area contributed by atoms with Gasteiger partial charge in [-0.3, -0.25) is 4.90 Å². The third-order valence-corrected chi connectivity index (χ3v) is 6.54. The van der Waals surface area contributed by atoms with Crippen molar-refractivity contribution in [3.63, 3.8) is 0 Å². The highest BCUT2D eigenvalue weighted by Crippen LogP contribution is 2.33. The van der Waals surface area contributed by atoms with E-state index in [1.54, 1.807) is 11.3 Å². The summed E-state index contributed by atoms with van der Waals surface area (Å²) in [7, 11) is 0. The maximum Gasteiger partial charge on any atom is 0.187 e. The highest BCUT2D eigenvalue weighted by atomic mass is 35.5. The van der Waals surface area contributed by atoms with E-state index in [-0.39, 0.29) is 0 Å². The van der Waals surface area contributed by atoms with Crippen molar-refractivity contribution in [1.82, 2.24) is 19.4 Å². The van der Waals surface area contributed by atoms with Gasteiger partial charge >= 0.3 is 0 Å². The Morgan fingerprint density at radius 1 is 1.21 bits per heavy atom. The Hall–Kier alpha value is -1.11.